The summed E-state index contributed by atoms with van der Waals surface area (Å²) < 4.78 is 1.15. The van der Waals surface area contributed by atoms with E-state index in [9.17, 15) is 4.79 Å². The number of carbonyl (C=O) groups is 1. The van der Waals surface area contributed by atoms with Crippen molar-refractivity contribution in [3.8, 4) is 0 Å². The Balaban J connectivity index is 1.97. The lowest BCUT2D eigenvalue weighted by Crippen LogP contribution is -2.24. The van der Waals surface area contributed by atoms with Gasteiger partial charge in [0.1, 0.15) is 0 Å². The molecule has 1 aliphatic heterocycles. The molecule has 2 aromatic rings. The van der Waals surface area contributed by atoms with Crippen molar-refractivity contribution in [2.24, 2.45) is 5.92 Å². The maximum Gasteiger partial charge on any atom is 0.229 e. The fourth-order valence-corrected chi connectivity index (χ4v) is 3.73. The van der Waals surface area contributed by atoms with E-state index in [1.165, 1.54) is 5.56 Å². The average Bonchev–Trinajstić information content (AvgIpc) is 2.91. The van der Waals surface area contributed by atoms with Crippen molar-refractivity contribution in [1.29, 1.82) is 0 Å². The first-order chi connectivity index (χ1) is 8.67. The van der Waals surface area contributed by atoms with Crippen LogP contribution in [0, 0.1) is 12.8 Å². The van der Waals surface area contributed by atoms with Gasteiger partial charge in [0.2, 0.25) is 5.91 Å². The first-order valence-corrected chi connectivity index (χ1v) is 7.84. The molecule has 1 fully saturated rings. The first kappa shape index (κ1) is 12.1. The van der Waals surface area contributed by atoms with E-state index in [2.05, 4.69) is 40.0 Å². The van der Waals surface area contributed by atoms with Crippen LogP contribution in [0.2, 0.25) is 0 Å². The molecule has 1 atom stereocenters. The molecule has 94 valence electrons. The van der Waals surface area contributed by atoms with Gasteiger partial charge in [-0.15, -0.1) is 0 Å². The van der Waals surface area contributed by atoms with Gasteiger partial charge in [0.05, 0.1) is 10.2 Å². The quantitative estimate of drug-likeness (QED) is 0.794. The smallest absolute Gasteiger partial charge is 0.229 e. The molecule has 1 saturated heterocycles. The van der Waals surface area contributed by atoms with Crippen molar-refractivity contribution in [3.63, 3.8) is 0 Å². The van der Waals surface area contributed by atoms with Gasteiger partial charge in [-0.2, -0.15) is 0 Å². The standard InChI is InChI=1S/C13H13BrN2OS/c1-8-2-3-10-11(4-8)18-13(15-10)16-7-9(6-14)5-12(16)17/h2-4,9H,5-7H2,1H3. The molecule has 5 heteroatoms. The van der Waals surface area contributed by atoms with Crippen LogP contribution in [0.25, 0.3) is 10.2 Å². The van der Waals surface area contributed by atoms with Crippen molar-refractivity contribution >= 4 is 48.5 Å². The number of hydrogen-bond acceptors (Lipinski definition) is 3. The molecule has 3 nitrogen and oxygen atoms in total. The molecule has 1 aromatic heterocycles. The van der Waals surface area contributed by atoms with Gasteiger partial charge in [-0.3, -0.25) is 9.69 Å². The lowest BCUT2D eigenvalue weighted by atomic mass is 10.2. The predicted molar refractivity (Wildman–Crippen MR) is 78.6 cm³/mol. The summed E-state index contributed by atoms with van der Waals surface area (Å²) in [6, 6.07) is 6.20. The van der Waals surface area contributed by atoms with Crippen LogP contribution in [0.15, 0.2) is 18.2 Å². The Bertz CT molecular complexity index is 610. The highest BCUT2D eigenvalue weighted by Gasteiger charge is 2.31. The van der Waals surface area contributed by atoms with Crippen LogP contribution >= 0.6 is 27.3 Å². The Morgan fingerprint density at radius 3 is 3.11 bits per heavy atom. The van der Waals surface area contributed by atoms with Crippen molar-refractivity contribution in [2.75, 3.05) is 16.8 Å². The summed E-state index contributed by atoms with van der Waals surface area (Å²) in [4.78, 5) is 18.3. The second kappa shape index (κ2) is 4.63. The number of aryl methyl sites for hydroxylation is 1. The van der Waals surface area contributed by atoms with Crippen molar-refractivity contribution in [1.82, 2.24) is 4.98 Å². The molecule has 18 heavy (non-hydrogen) atoms. The second-order valence-electron chi connectivity index (χ2n) is 4.70. The Hall–Kier alpha value is -0.940. The first-order valence-electron chi connectivity index (χ1n) is 5.91. The predicted octanol–water partition coefficient (Wildman–Crippen LogP) is 3.35. The number of benzene rings is 1. The Kier molecular flexibility index (Phi) is 3.11. The minimum absolute atomic E-state index is 0.190. The minimum Gasteiger partial charge on any atom is -0.288 e. The molecular weight excluding hydrogens is 312 g/mol. The highest BCUT2D eigenvalue weighted by Crippen LogP contribution is 2.33. The van der Waals surface area contributed by atoms with Crippen LogP contribution < -0.4 is 4.90 Å². The van der Waals surface area contributed by atoms with E-state index in [0.717, 1.165) is 27.2 Å². The van der Waals surface area contributed by atoms with Gasteiger partial charge in [0.15, 0.2) is 5.13 Å². The molecule has 0 saturated carbocycles. The SMILES string of the molecule is Cc1ccc2nc(N3CC(CBr)CC3=O)sc2c1. The number of anilines is 1. The number of alkyl halides is 1. The number of rotatable bonds is 2. The number of fused-ring (bicyclic) bond motifs is 1. The Morgan fingerprint density at radius 2 is 2.39 bits per heavy atom. The molecule has 1 aliphatic rings. The third-order valence-electron chi connectivity index (χ3n) is 3.19. The largest absolute Gasteiger partial charge is 0.288 e. The Labute approximate surface area is 118 Å². The monoisotopic (exact) mass is 324 g/mol. The number of aromatic nitrogens is 1. The van der Waals surface area contributed by atoms with Crippen LogP contribution in [0.4, 0.5) is 5.13 Å². The number of halogens is 1. The molecule has 0 spiro atoms. The van der Waals surface area contributed by atoms with Gasteiger partial charge >= 0.3 is 0 Å². The molecule has 2 heterocycles. The topological polar surface area (TPSA) is 33.2 Å². The number of nitrogens with zero attached hydrogens (tertiary/aromatic N) is 2. The number of carbonyl (C=O) groups excluding carboxylic acids is 1. The van der Waals surface area contributed by atoms with E-state index in [1.54, 1.807) is 11.3 Å². The molecule has 1 aromatic carbocycles. The van der Waals surface area contributed by atoms with Crippen molar-refractivity contribution in [2.45, 2.75) is 13.3 Å². The normalized spacial score (nSPS) is 20.0. The molecule has 3 rings (SSSR count). The van der Waals surface area contributed by atoms with Crippen LogP contribution in [0.3, 0.4) is 0 Å². The van der Waals surface area contributed by atoms with Gasteiger partial charge in [0, 0.05) is 18.3 Å². The minimum atomic E-state index is 0.190. The highest BCUT2D eigenvalue weighted by atomic mass is 79.9. The molecule has 1 amide bonds. The lowest BCUT2D eigenvalue weighted by Gasteiger charge is -2.11. The van der Waals surface area contributed by atoms with Crippen LogP contribution in [0.1, 0.15) is 12.0 Å². The fourth-order valence-electron chi connectivity index (χ4n) is 2.20. The average molecular weight is 325 g/mol. The summed E-state index contributed by atoms with van der Waals surface area (Å²) in [5.41, 5.74) is 2.21. The zero-order valence-electron chi connectivity index (χ0n) is 10.0. The lowest BCUT2D eigenvalue weighted by molar-refractivity contribution is -0.117. The third kappa shape index (κ3) is 2.06. The second-order valence-corrected chi connectivity index (χ2v) is 6.35. The summed E-state index contributed by atoms with van der Waals surface area (Å²) in [7, 11) is 0. The third-order valence-corrected chi connectivity index (χ3v) is 5.14. The summed E-state index contributed by atoms with van der Waals surface area (Å²) in [6.45, 7) is 2.85. The van der Waals surface area contributed by atoms with E-state index in [0.29, 0.717) is 12.3 Å². The van der Waals surface area contributed by atoms with Gasteiger partial charge in [-0.1, -0.05) is 33.3 Å². The van der Waals surface area contributed by atoms with Crippen LogP contribution in [0.5, 0.6) is 0 Å². The molecule has 0 bridgehead atoms. The van der Waals surface area contributed by atoms with Crippen molar-refractivity contribution < 1.29 is 4.79 Å². The van der Waals surface area contributed by atoms with Gasteiger partial charge in [-0.05, 0) is 30.5 Å². The van der Waals surface area contributed by atoms with Crippen LogP contribution in [-0.4, -0.2) is 22.8 Å². The van der Waals surface area contributed by atoms with Gasteiger partial charge in [0.25, 0.3) is 0 Å². The highest BCUT2D eigenvalue weighted by molar-refractivity contribution is 9.09. The summed E-state index contributed by atoms with van der Waals surface area (Å²) in [6.07, 6.45) is 0.625. The van der Waals surface area contributed by atoms with E-state index in [1.807, 2.05) is 11.0 Å². The molecule has 0 N–H and O–H groups in total. The van der Waals surface area contributed by atoms with E-state index in [4.69, 9.17) is 0 Å². The fraction of sp³-hybridized carbons (Fsp3) is 0.385. The van der Waals surface area contributed by atoms with Gasteiger partial charge < -0.3 is 0 Å². The maximum absolute atomic E-state index is 12.0. The van der Waals surface area contributed by atoms with Crippen molar-refractivity contribution in [3.05, 3.63) is 23.8 Å². The van der Waals surface area contributed by atoms with E-state index in [-0.39, 0.29) is 5.91 Å². The van der Waals surface area contributed by atoms with E-state index >= 15 is 0 Å². The number of thiazole rings is 1. The molecular formula is C13H13BrN2OS. The molecule has 1 unspecified atom stereocenters. The Morgan fingerprint density at radius 1 is 1.56 bits per heavy atom. The van der Waals surface area contributed by atoms with Crippen LogP contribution in [-0.2, 0) is 4.79 Å². The summed E-state index contributed by atoms with van der Waals surface area (Å²) in [5, 5.41) is 1.71. The van der Waals surface area contributed by atoms with E-state index < -0.39 is 0 Å². The zero-order chi connectivity index (χ0) is 12.7. The molecule has 0 aliphatic carbocycles. The zero-order valence-corrected chi connectivity index (χ0v) is 12.4. The van der Waals surface area contributed by atoms with Gasteiger partial charge in [-0.25, -0.2) is 4.98 Å². The maximum atomic E-state index is 12.0. The summed E-state index contributed by atoms with van der Waals surface area (Å²) >= 11 is 5.06. The number of hydrogen-bond donors (Lipinski definition) is 0. The molecule has 0 radical (unpaired) electrons. The number of amides is 1. The summed E-state index contributed by atoms with van der Waals surface area (Å²) in [5.74, 6) is 0.599.